The number of rotatable bonds is 8. The summed E-state index contributed by atoms with van der Waals surface area (Å²) in [7, 11) is 1.56. The third-order valence-electron chi connectivity index (χ3n) is 5.40. The minimum Gasteiger partial charge on any atom is -0.383 e. The number of Topliss-reactive ketones (excluding diaryl/α,β-unsaturated/α-hetero) is 1. The van der Waals surface area contributed by atoms with Crippen molar-refractivity contribution in [2.45, 2.75) is 6.92 Å². The number of ketones is 1. The number of amides is 3. The van der Waals surface area contributed by atoms with E-state index in [0.29, 0.717) is 52.3 Å². The molecule has 0 unspecified atom stereocenters. The Bertz CT molecular complexity index is 1430. The predicted octanol–water partition coefficient (Wildman–Crippen LogP) is 3.20. The Morgan fingerprint density at radius 3 is 2.53 bits per heavy atom. The summed E-state index contributed by atoms with van der Waals surface area (Å²) < 4.78 is 6.51. The fourth-order valence-electron chi connectivity index (χ4n) is 3.69. The van der Waals surface area contributed by atoms with Crippen LogP contribution < -0.4 is 21.7 Å². The number of fused-ring (bicyclic) bond motifs is 1. The monoisotopic (exact) mass is 487 g/mol. The van der Waals surface area contributed by atoms with E-state index in [9.17, 15) is 14.4 Å². The first-order chi connectivity index (χ1) is 17.4. The molecule has 11 nitrogen and oxygen atoms in total. The second-order valence-corrected chi connectivity index (χ2v) is 7.90. The van der Waals surface area contributed by atoms with Crippen molar-refractivity contribution >= 4 is 40.4 Å². The molecule has 0 bridgehead atoms. The number of ether oxygens (including phenoxy) is 1. The molecule has 2 aromatic carbocycles. The SMILES string of the molecule is COCCNC(=O)c1cn2ncnc(N)c2c1-c1ccc(NC(=O)Nc2cccc(C(C)=O)c2)cc1. The van der Waals surface area contributed by atoms with Crippen LogP contribution in [0, 0.1) is 0 Å². The summed E-state index contributed by atoms with van der Waals surface area (Å²) in [5.41, 5.74) is 9.78. The van der Waals surface area contributed by atoms with E-state index in [0.717, 1.165) is 0 Å². The van der Waals surface area contributed by atoms with Gasteiger partial charge in [-0.2, -0.15) is 5.10 Å². The molecule has 0 radical (unpaired) electrons. The van der Waals surface area contributed by atoms with Gasteiger partial charge >= 0.3 is 6.03 Å². The van der Waals surface area contributed by atoms with E-state index >= 15 is 0 Å². The Labute approximate surface area is 206 Å². The number of urea groups is 1. The van der Waals surface area contributed by atoms with Gasteiger partial charge in [0.2, 0.25) is 0 Å². The van der Waals surface area contributed by atoms with Crippen molar-refractivity contribution in [1.29, 1.82) is 0 Å². The van der Waals surface area contributed by atoms with Crippen LogP contribution in [0.15, 0.2) is 61.1 Å². The molecule has 2 heterocycles. The first kappa shape index (κ1) is 24.4. The normalized spacial score (nSPS) is 10.7. The quantitative estimate of drug-likeness (QED) is 0.220. The fourth-order valence-corrected chi connectivity index (χ4v) is 3.69. The van der Waals surface area contributed by atoms with Crippen molar-refractivity contribution < 1.29 is 19.1 Å². The van der Waals surface area contributed by atoms with E-state index in [4.69, 9.17) is 10.5 Å². The van der Waals surface area contributed by atoms with Gasteiger partial charge in [0.25, 0.3) is 5.91 Å². The Hall–Kier alpha value is -4.77. The smallest absolute Gasteiger partial charge is 0.323 e. The molecule has 0 saturated carbocycles. The molecule has 3 amide bonds. The molecule has 0 aliphatic heterocycles. The average molecular weight is 488 g/mol. The van der Waals surface area contributed by atoms with Gasteiger partial charge in [-0.3, -0.25) is 9.59 Å². The highest BCUT2D eigenvalue weighted by Crippen LogP contribution is 2.33. The number of nitrogen functional groups attached to an aromatic ring is 1. The Balaban J connectivity index is 1.57. The maximum atomic E-state index is 12.9. The number of methoxy groups -OCH3 is 1. The van der Waals surface area contributed by atoms with Gasteiger partial charge in [-0.1, -0.05) is 24.3 Å². The number of carbonyl (C=O) groups excluding carboxylic acids is 3. The van der Waals surface area contributed by atoms with E-state index in [1.807, 2.05) is 0 Å². The van der Waals surface area contributed by atoms with Crippen LogP contribution in [0.25, 0.3) is 16.6 Å². The van der Waals surface area contributed by atoms with Gasteiger partial charge in [0, 0.05) is 42.4 Å². The van der Waals surface area contributed by atoms with Crippen LogP contribution in [0.3, 0.4) is 0 Å². The molecule has 11 heteroatoms. The molecule has 36 heavy (non-hydrogen) atoms. The van der Waals surface area contributed by atoms with Gasteiger partial charge in [-0.05, 0) is 36.8 Å². The molecule has 0 fully saturated rings. The molecule has 4 aromatic rings. The number of nitrogens with zero attached hydrogens (tertiary/aromatic N) is 3. The van der Waals surface area contributed by atoms with E-state index in [-0.39, 0.29) is 17.5 Å². The molecular formula is C25H25N7O4. The number of nitrogens with two attached hydrogens (primary N) is 1. The van der Waals surface area contributed by atoms with Crippen LogP contribution >= 0.6 is 0 Å². The van der Waals surface area contributed by atoms with Crippen molar-refractivity contribution in [3.8, 4) is 11.1 Å². The minimum absolute atomic E-state index is 0.0920. The topological polar surface area (TPSA) is 153 Å². The highest BCUT2D eigenvalue weighted by molar-refractivity contribution is 6.07. The zero-order chi connectivity index (χ0) is 25.7. The third-order valence-corrected chi connectivity index (χ3v) is 5.40. The zero-order valence-corrected chi connectivity index (χ0v) is 19.7. The molecule has 4 rings (SSSR count). The second kappa shape index (κ2) is 10.7. The lowest BCUT2D eigenvalue weighted by atomic mass is 10.0. The number of benzene rings is 2. The number of nitrogens with one attached hydrogen (secondary N) is 3. The Kier molecular flexibility index (Phi) is 7.21. The van der Waals surface area contributed by atoms with Crippen LogP contribution in [0.1, 0.15) is 27.6 Å². The summed E-state index contributed by atoms with van der Waals surface area (Å²) in [6.45, 7) is 2.18. The first-order valence-electron chi connectivity index (χ1n) is 11.1. The van der Waals surface area contributed by atoms with Gasteiger partial charge in [0.15, 0.2) is 11.6 Å². The average Bonchev–Trinajstić information content (AvgIpc) is 3.26. The lowest BCUT2D eigenvalue weighted by Gasteiger charge is -2.10. The van der Waals surface area contributed by atoms with Crippen molar-refractivity contribution in [2.75, 3.05) is 36.6 Å². The van der Waals surface area contributed by atoms with Crippen molar-refractivity contribution in [2.24, 2.45) is 0 Å². The van der Waals surface area contributed by atoms with Gasteiger partial charge in [0.05, 0.1) is 12.2 Å². The molecule has 2 aromatic heterocycles. The van der Waals surface area contributed by atoms with Crippen LogP contribution in [-0.4, -0.2) is 52.6 Å². The summed E-state index contributed by atoms with van der Waals surface area (Å²) in [4.78, 5) is 41.0. The van der Waals surface area contributed by atoms with E-state index < -0.39 is 6.03 Å². The minimum atomic E-state index is -0.464. The molecule has 0 saturated heterocycles. The van der Waals surface area contributed by atoms with Crippen molar-refractivity contribution in [1.82, 2.24) is 19.9 Å². The summed E-state index contributed by atoms with van der Waals surface area (Å²) in [5, 5.41) is 12.4. The van der Waals surface area contributed by atoms with Gasteiger partial charge in [-0.25, -0.2) is 14.3 Å². The maximum Gasteiger partial charge on any atom is 0.323 e. The highest BCUT2D eigenvalue weighted by Gasteiger charge is 2.21. The number of anilines is 3. The predicted molar refractivity (Wildman–Crippen MR) is 136 cm³/mol. The maximum absolute atomic E-state index is 12.9. The van der Waals surface area contributed by atoms with E-state index in [1.165, 1.54) is 17.8 Å². The molecule has 0 aliphatic rings. The number of aromatic nitrogens is 3. The van der Waals surface area contributed by atoms with Crippen molar-refractivity contribution in [3.63, 3.8) is 0 Å². The zero-order valence-electron chi connectivity index (χ0n) is 19.7. The fraction of sp³-hybridized carbons (Fsp3) is 0.160. The van der Waals surface area contributed by atoms with E-state index in [2.05, 4.69) is 26.0 Å². The van der Waals surface area contributed by atoms with Gasteiger partial charge < -0.3 is 26.4 Å². The van der Waals surface area contributed by atoms with Crippen LogP contribution in [0.4, 0.5) is 22.0 Å². The van der Waals surface area contributed by atoms with Crippen LogP contribution in [-0.2, 0) is 4.74 Å². The van der Waals surface area contributed by atoms with E-state index in [1.54, 1.807) is 61.8 Å². The standard InChI is InChI=1S/C25H25N7O4/c1-15(33)17-4-3-5-19(12-17)31-25(35)30-18-8-6-16(7-9-18)21-20(24(34)27-10-11-36-2)13-32-22(21)23(26)28-14-29-32/h3-9,12-14H,10-11H2,1-2H3,(H,27,34)(H2,26,28,29)(H2,30,31,35). The molecule has 0 aliphatic carbocycles. The molecule has 0 atom stereocenters. The summed E-state index contributed by atoms with van der Waals surface area (Å²) >= 11 is 0. The molecule has 184 valence electrons. The first-order valence-corrected chi connectivity index (χ1v) is 11.1. The highest BCUT2D eigenvalue weighted by atomic mass is 16.5. The van der Waals surface area contributed by atoms with Crippen molar-refractivity contribution in [3.05, 3.63) is 72.2 Å². The molecule has 5 N–H and O–H groups in total. The number of hydrogen-bond donors (Lipinski definition) is 4. The molecule has 0 spiro atoms. The lowest BCUT2D eigenvalue weighted by molar-refractivity contribution is 0.0937. The van der Waals surface area contributed by atoms with Crippen LogP contribution in [0.2, 0.25) is 0 Å². The van der Waals surface area contributed by atoms with Gasteiger partial charge in [0.1, 0.15) is 11.8 Å². The largest absolute Gasteiger partial charge is 0.383 e. The number of carbonyl (C=O) groups is 3. The number of hydrogen-bond acceptors (Lipinski definition) is 7. The molecular weight excluding hydrogens is 462 g/mol. The summed E-state index contributed by atoms with van der Waals surface area (Å²) in [6.07, 6.45) is 2.91. The summed E-state index contributed by atoms with van der Waals surface area (Å²) in [5.74, 6) is -0.169. The Morgan fingerprint density at radius 2 is 1.81 bits per heavy atom. The van der Waals surface area contributed by atoms with Gasteiger partial charge in [-0.15, -0.1) is 0 Å². The van der Waals surface area contributed by atoms with Crippen LogP contribution in [0.5, 0.6) is 0 Å². The summed E-state index contributed by atoms with van der Waals surface area (Å²) in [6, 6.07) is 13.1. The second-order valence-electron chi connectivity index (χ2n) is 7.90. The Morgan fingerprint density at radius 1 is 1.06 bits per heavy atom. The lowest BCUT2D eigenvalue weighted by Crippen LogP contribution is -2.27. The third kappa shape index (κ3) is 5.31.